The summed E-state index contributed by atoms with van der Waals surface area (Å²) in [5.41, 5.74) is 2.70. The van der Waals surface area contributed by atoms with Crippen LogP contribution in [0.25, 0.3) is 0 Å². The van der Waals surface area contributed by atoms with Crippen molar-refractivity contribution in [1.82, 2.24) is 9.88 Å². The first-order chi connectivity index (χ1) is 10.3. The van der Waals surface area contributed by atoms with E-state index in [1.807, 2.05) is 29.2 Å². The molecule has 5 heteroatoms. The van der Waals surface area contributed by atoms with Crippen LogP contribution >= 0.6 is 11.8 Å². The van der Waals surface area contributed by atoms with Gasteiger partial charge in [-0.25, -0.2) is 0 Å². The van der Waals surface area contributed by atoms with Gasteiger partial charge in [0.25, 0.3) is 0 Å². The van der Waals surface area contributed by atoms with Gasteiger partial charge in [0.1, 0.15) is 5.37 Å². The van der Waals surface area contributed by atoms with Gasteiger partial charge < -0.3 is 4.90 Å². The summed E-state index contributed by atoms with van der Waals surface area (Å²) < 4.78 is 0. The number of aromatic nitrogens is 1. The quantitative estimate of drug-likeness (QED) is 0.873. The maximum absolute atomic E-state index is 12.1. The first-order valence-corrected chi connectivity index (χ1v) is 7.63. The van der Waals surface area contributed by atoms with E-state index in [1.54, 1.807) is 36.3 Å². The highest BCUT2D eigenvalue weighted by Crippen LogP contribution is 2.39. The molecule has 21 heavy (non-hydrogen) atoms. The molecule has 2 heterocycles. The number of amides is 1. The lowest BCUT2D eigenvalue weighted by Gasteiger charge is -2.24. The van der Waals surface area contributed by atoms with Crippen LogP contribution in [0.5, 0.6) is 0 Å². The van der Waals surface area contributed by atoms with Crippen LogP contribution in [0.15, 0.2) is 48.8 Å². The van der Waals surface area contributed by atoms with E-state index in [0.717, 1.165) is 11.1 Å². The third-order valence-corrected chi connectivity index (χ3v) is 4.62. The van der Waals surface area contributed by atoms with Crippen molar-refractivity contribution in [2.45, 2.75) is 11.9 Å². The number of rotatable bonds is 3. The van der Waals surface area contributed by atoms with Gasteiger partial charge in [-0.05, 0) is 29.3 Å². The number of carbonyl (C=O) groups excluding carboxylic acids is 1. The van der Waals surface area contributed by atoms with E-state index in [4.69, 9.17) is 5.26 Å². The molecule has 0 aliphatic carbocycles. The van der Waals surface area contributed by atoms with Crippen LogP contribution < -0.4 is 0 Å². The van der Waals surface area contributed by atoms with Crippen molar-refractivity contribution in [2.75, 3.05) is 5.75 Å². The highest BCUT2D eigenvalue weighted by molar-refractivity contribution is 8.00. The van der Waals surface area contributed by atoms with Crippen molar-refractivity contribution in [2.24, 2.45) is 0 Å². The van der Waals surface area contributed by atoms with Gasteiger partial charge in [-0.2, -0.15) is 5.26 Å². The average molecular weight is 295 g/mol. The Kier molecular flexibility index (Phi) is 3.89. The normalized spacial score (nSPS) is 17.8. The zero-order valence-electron chi connectivity index (χ0n) is 11.3. The number of hydrogen-bond acceptors (Lipinski definition) is 4. The van der Waals surface area contributed by atoms with Crippen LogP contribution in [0.4, 0.5) is 0 Å². The molecule has 1 fully saturated rings. The zero-order valence-corrected chi connectivity index (χ0v) is 12.1. The number of benzene rings is 1. The van der Waals surface area contributed by atoms with Crippen molar-refractivity contribution in [3.8, 4) is 6.07 Å². The molecule has 4 nitrogen and oxygen atoms in total. The molecule has 1 aliphatic rings. The van der Waals surface area contributed by atoms with Crippen LogP contribution in [0, 0.1) is 11.3 Å². The van der Waals surface area contributed by atoms with Gasteiger partial charge >= 0.3 is 0 Å². The van der Waals surface area contributed by atoms with E-state index >= 15 is 0 Å². The Balaban J connectivity index is 1.83. The summed E-state index contributed by atoms with van der Waals surface area (Å²) in [6.07, 6.45) is 3.51. The molecule has 1 saturated heterocycles. The molecule has 3 rings (SSSR count). The number of pyridine rings is 1. The number of nitrogens with zero attached hydrogens (tertiary/aromatic N) is 3. The molecule has 0 N–H and O–H groups in total. The van der Waals surface area contributed by atoms with Gasteiger partial charge in [0.05, 0.1) is 17.4 Å². The zero-order chi connectivity index (χ0) is 14.7. The monoisotopic (exact) mass is 295 g/mol. The molecule has 2 aromatic rings. The second-order valence-corrected chi connectivity index (χ2v) is 5.85. The molecule has 1 unspecified atom stereocenters. The summed E-state index contributed by atoms with van der Waals surface area (Å²) in [6, 6.07) is 13.4. The second kappa shape index (κ2) is 5.98. The molecule has 0 saturated carbocycles. The van der Waals surface area contributed by atoms with E-state index in [0.29, 0.717) is 17.9 Å². The van der Waals surface area contributed by atoms with Gasteiger partial charge in [0.2, 0.25) is 5.91 Å². The molecule has 1 amide bonds. The number of nitriles is 1. The van der Waals surface area contributed by atoms with Gasteiger partial charge in [0, 0.05) is 18.9 Å². The summed E-state index contributed by atoms with van der Waals surface area (Å²) >= 11 is 1.62. The average Bonchev–Trinajstić information content (AvgIpc) is 2.90. The third kappa shape index (κ3) is 2.91. The van der Waals surface area contributed by atoms with E-state index in [1.165, 1.54) is 0 Å². The maximum Gasteiger partial charge on any atom is 0.234 e. The van der Waals surface area contributed by atoms with Crippen molar-refractivity contribution in [1.29, 1.82) is 5.26 Å². The Labute approximate surface area is 127 Å². The van der Waals surface area contributed by atoms with Crippen molar-refractivity contribution in [3.63, 3.8) is 0 Å². The molecule has 104 valence electrons. The van der Waals surface area contributed by atoms with Crippen LogP contribution in [0.2, 0.25) is 0 Å². The summed E-state index contributed by atoms with van der Waals surface area (Å²) in [6.45, 7) is 0.560. The van der Waals surface area contributed by atoms with Gasteiger partial charge in [-0.3, -0.25) is 9.78 Å². The molecule has 1 atom stereocenters. The minimum absolute atomic E-state index is 0.00505. The Morgan fingerprint density at radius 2 is 2.14 bits per heavy atom. The lowest BCUT2D eigenvalue weighted by atomic mass is 10.1. The minimum Gasteiger partial charge on any atom is -0.321 e. The summed E-state index contributed by atoms with van der Waals surface area (Å²) in [5, 5.41) is 8.86. The van der Waals surface area contributed by atoms with Gasteiger partial charge in [-0.15, -0.1) is 11.8 Å². The standard InChI is InChI=1S/C16H13N3OS/c17-8-12-3-5-14(6-4-12)16-19(15(20)11-21-16)10-13-2-1-7-18-9-13/h1-7,9,16H,10-11H2. The van der Waals surface area contributed by atoms with E-state index < -0.39 is 0 Å². The van der Waals surface area contributed by atoms with Crippen LogP contribution in [0.3, 0.4) is 0 Å². The molecule has 1 aromatic carbocycles. The van der Waals surface area contributed by atoms with Crippen molar-refractivity contribution >= 4 is 17.7 Å². The Morgan fingerprint density at radius 1 is 1.33 bits per heavy atom. The van der Waals surface area contributed by atoms with Gasteiger partial charge in [0.15, 0.2) is 0 Å². The van der Waals surface area contributed by atoms with Gasteiger partial charge in [-0.1, -0.05) is 18.2 Å². The first kappa shape index (κ1) is 13.7. The largest absolute Gasteiger partial charge is 0.321 e. The Hall–Kier alpha value is -2.32. The maximum atomic E-state index is 12.1. The minimum atomic E-state index is 0.00505. The predicted octanol–water partition coefficient (Wildman–Crippen LogP) is 2.73. The fraction of sp³-hybridized carbons (Fsp3) is 0.188. The summed E-state index contributed by atoms with van der Waals surface area (Å²) in [7, 11) is 0. The first-order valence-electron chi connectivity index (χ1n) is 6.58. The second-order valence-electron chi connectivity index (χ2n) is 4.78. The fourth-order valence-electron chi connectivity index (χ4n) is 2.31. The fourth-order valence-corrected chi connectivity index (χ4v) is 3.50. The lowest BCUT2D eigenvalue weighted by molar-refractivity contribution is -0.128. The highest BCUT2D eigenvalue weighted by Gasteiger charge is 2.32. The van der Waals surface area contributed by atoms with Crippen molar-refractivity contribution < 1.29 is 4.79 Å². The molecule has 0 bridgehead atoms. The lowest BCUT2D eigenvalue weighted by Crippen LogP contribution is -2.27. The number of carbonyl (C=O) groups is 1. The highest BCUT2D eigenvalue weighted by atomic mass is 32.2. The van der Waals surface area contributed by atoms with E-state index in [9.17, 15) is 4.79 Å². The Morgan fingerprint density at radius 3 is 2.81 bits per heavy atom. The number of thioether (sulfide) groups is 1. The van der Waals surface area contributed by atoms with E-state index in [-0.39, 0.29) is 11.3 Å². The van der Waals surface area contributed by atoms with Crippen LogP contribution in [0.1, 0.15) is 22.1 Å². The Bertz CT molecular complexity index is 679. The van der Waals surface area contributed by atoms with E-state index in [2.05, 4.69) is 11.1 Å². The van der Waals surface area contributed by atoms with Crippen molar-refractivity contribution in [3.05, 3.63) is 65.5 Å². The molecule has 0 spiro atoms. The SMILES string of the molecule is N#Cc1ccc(C2SCC(=O)N2Cc2cccnc2)cc1. The molecule has 0 radical (unpaired) electrons. The molecular formula is C16H13N3OS. The molecule has 1 aromatic heterocycles. The number of hydrogen-bond donors (Lipinski definition) is 0. The summed E-state index contributed by atoms with van der Waals surface area (Å²) in [4.78, 5) is 18.1. The molecule has 1 aliphatic heterocycles. The topological polar surface area (TPSA) is 57.0 Å². The van der Waals surface area contributed by atoms with Crippen LogP contribution in [-0.4, -0.2) is 21.5 Å². The smallest absolute Gasteiger partial charge is 0.234 e. The third-order valence-electron chi connectivity index (χ3n) is 3.37. The molecular weight excluding hydrogens is 282 g/mol. The van der Waals surface area contributed by atoms with Crippen LogP contribution in [-0.2, 0) is 11.3 Å². The summed E-state index contributed by atoms with van der Waals surface area (Å²) in [5.74, 6) is 0.628. The predicted molar refractivity (Wildman–Crippen MR) is 81.1 cm³/mol.